The number of halogens is 1. The molecule has 1 aliphatic carbocycles. The quantitative estimate of drug-likeness (QED) is 0.637. The molecule has 1 saturated carbocycles. The van der Waals surface area contributed by atoms with Gasteiger partial charge >= 0.3 is 0 Å². The molecule has 2 heteroatoms. The monoisotopic (exact) mass is 203 g/mol. The second-order valence-corrected chi connectivity index (χ2v) is 4.85. The maximum Gasteiger partial charge on any atom is 0.0491 e. The highest BCUT2D eigenvalue weighted by atomic mass is 35.5. The van der Waals surface area contributed by atoms with Gasteiger partial charge < -0.3 is 0 Å². The molecular formula is C11H22ClN. The van der Waals surface area contributed by atoms with E-state index in [1.54, 1.807) is 0 Å². The van der Waals surface area contributed by atoms with Crippen LogP contribution in [-0.4, -0.2) is 29.4 Å². The Morgan fingerprint density at radius 1 is 1.38 bits per heavy atom. The molecule has 1 nitrogen and oxygen atoms in total. The first-order valence-corrected chi connectivity index (χ1v) is 5.96. The smallest absolute Gasteiger partial charge is 0.0491 e. The number of rotatable bonds is 3. The lowest BCUT2D eigenvalue weighted by Gasteiger charge is -2.38. The van der Waals surface area contributed by atoms with Crippen molar-refractivity contribution < 1.29 is 0 Å². The van der Waals surface area contributed by atoms with E-state index >= 15 is 0 Å². The minimum atomic E-state index is 0.382. The van der Waals surface area contributed by atoms with Gasteiger partial charge in [-0.25, -0.2) is 0 Å². The summed E-state index contributed by atoms with van der Waals surface area (Å²) in [6.45, 7) is 4.53. The van der Waals surface area contributed by atoms with Gasteiger partial charge in [-0.2, -0.15) is 0 Å². The SMILES string of the molecule is CCC(C)N(C)C1CCCCC1Cl. The molecular weight excluding hydrogens is 182 g/mol. The fourth-order valence-corrected chi connectivity index (χ4v) is 2.60. The molecule has 78 valence electrons. The van der Waals surface area contributed by atoms with E-state index in [2.05, 4.69) is 25.8 Å². The molecule has 0 aromatic heterocycles. The highest BCUT2D eigenvalue weighted by Crippen LogP contribution is 2.27. The standard InChI is InChI=1S/C11H22ClN/c1-4-9(2)13(3)11-8-6-5-7-10(11)12/h9-11H,4-8H2,1-3H3. The lowest BCUT2D eigenvalue weighted by molar-refractivity contribution is 0.146. The molecule has 1 rings (SSSR count). The molecule has 1 aliphatic rings. The van der Waals surface area contributed by atoms with Crippen LogP contribution in [0, 0.1) is 0 Å². The Bertz CT molecular complexity index is 149. The number of hydrogen-bond donors (Lipinski definition) is 0. The van der Waals surface area contributed by atoms with Crippen LogP contribution in [0.15, 0.2) is 0 Å². The summed E-state index contributed by atoms with van der Waals surface area (Å²) >= 11 is 6.34. The Morgan fingerprint density at radius 2 is 2.00 bits per heavy atom. The van der Waals surface area contributed by atoms with Gasteiger partial charge in [-0.15, -0.1) is 11.6 Å². The first-order chi connectivity index (χ1) is 6.16. The van der Waals surface area contributed by atoms with Gasteiger partial charge in [-0.05, 0) is 33.2 Å². The fraction of sp³-hybridized carbons (Fsp3) is 1.00. The Labute approximate surface area is 87.4 Å². The zero-order valence-electron chi connectivity index (χ0n) is 9.09. The molecule has 0 bridgehead atoms. The predicted molar refractivity (Wildman–Crippen MR) is 59.4 cm³/mol. The second kappa shape index (κ2) is 5.21. The van der Waals surface area contributed by atoms with Crippen molar-refractivity contribution in [3.05, 3.63) is 0 Å². The average molecular weight is 204 g/mol. The number of alkyl halides is 1. The van der Waals surface area contributed by atoms with Crippen molar-refractivity contribution in [1.29, 1.82) is 0 Å². The van der Waals surface area contributed by atoms with Gasteiger partial charge in [0.15, 0.2) is 0 Å². The third-order valence-electron chi connectivity index (χ3n) is 3.46. The highest BCUT2D eigenvalue weighted by Gasteiger charge is 2.28. The van der Waals surface area contributed by atoms with E-state index in [4.69, 9.17) is 11.6 Å². The van der Waals surface area contributed by atoms with Crippen LogP contribution in [0.1, 0.15) is 46.0 Å². The van der Waals surface area contributed by atoms with Crippen molar-refractivity contribution in [2.75, 3.05) is 7.05 Å². The summed E-state index contributed by atoms with van der Waals surface area (Å²) < 4.78 is 0. The molecule has 3 atom stereocenters. The van der Waals surface area contributed by atoms with E-state index in [1.165, 1.54) is 32.1 Å². The minimum absolute atomic E-state index is 0.382. The van der Waals surface area contributed by atoms with E-state index in [0.29, 0.717) is 17.5 Å². The zero-order valence-corrected chi connectivity index (χ0v) is 9.85. The lowest BCUT2D eigenvalue weighted by atomic mass is 9.93. The summed E-state index contributed by atoms with van der Waals surface area (Å²) in [4.78, 5) is 2.47. The van der Waals surface area contributed by atoms with Crippen molar-refractivity contribution in [3.63, 3.8) is 0 Å². The largest absolute Gasteiger partial charge is 0.299 e. The highest BCUT2D eigenvalue weighted by molar-refractivity contribution is 6.21. The van der Waals surface area contributed by atoms with Gasteiger partial charge in [0, 0.05) is 17.5 Å². The van der Waals surface area contributed by atoms with Crippen LogP contribution in [0.4, 0.5) is 0 Å². The maximum atomic E-state index is 6.34. The molecule has 0 saturated heterocycles. The average Bonchev–Trinajstić information content (AvgIpc) is 2.16. The molecule has 0 radical (unpaired) electrons. The summed E-state index contributed by atoms with van der Waals surface area (Å²) in [5, 5.41) is 0.382. The van der Waals surface area contributed by atoms with Crippen LogP contribution in [0.5, 0.6) is 0 Å². The van der Waals surface area contributed by atoms with Crippen LogP contribution < -0.4 is 0 Å². The second-order valence-electron chi connectivity index (χ2n) is 4.29. The lowest BCUT2D eigenvalue weighted by Crippen LogP contribution is -2.45. The van der Waals surface area contributed by atoms with Gasteiger partial charge in [0.1, 0.15) is 0 Å². The van der Waals surface area contributed by atoms with E-state index in [1.807, 2.05) is 0 Å². The predicted octanol–water partition coefficient (Wildman–Crippen LogP) is 3.27. The van der Waals surface area contributed by atoms with Gasteiger partial charge in [-0.1, -0.05) is 19.8 Å². The van der Waals surface area contributed by atoms with Crippen molar-refractivity contribution in [3.8, 4) is 0 Å². The van der Waals surface area contributed by atoms with E-state index in [0.717, 1.165) is 0 Å². The van der Waals surface area contributed by atoms with Gasteiger partial charge in [0.05, 0.1) is 0 Å². The molecule has 0 aromatic carbocycles. The summed E-state index contributed by atoms with van der Waals surface area (Å²) in [6.07, 6.45) is 6.38. The summed E-state index contributed by atoms with van der Waals surface area (Å²) in [5.41, 5.74) is 0. The minimum Gasteiger partial charge on any atom is -0.299 e. The molecule has 0 heterocycles. The number of hydrogen-bond acceptors (Lipinski definition) is 1. The number of nitrogens with zero attached hydrogens (tertiary/aromatic N) is 1. The Balaban J connectivity index is 2.47. The molecule has 0 spiro atoms. The molecule has 13 heavy (non-hydrogen) atoms. The zero-order chi connectivity index (χ0) is 9.84. The molecule has 0 aromatic rings. The molecule has 0 N–H and O–H groups in total. The summed E-state index contributed by atoms with van der Waals surface area (Å²) in [5.74, 6) is 0. The van der Waals surface area contributed by atoms with Gasteiger partial charge in [0.25, 0.3) is 0 Å². The molecule has 3 unspecified atom stereocenters. The molecule has 0 aliphatic heterocycles. The van der Waals surface area contributed by atoms with Crippen LogP contribution in [0.3, 0.4) is 0 Å². The first kappa shape index (κ1) is 11.3. The van der Waals surface area contributed by atoms with Crippen LogP contribution in [0.25, 0.3) is 0 Å². The topological polar surface area (TPSA) is 3.24 Å². The van der Waals surface area contributed by atoms with Crippen molar-refractivity contribution in [2.24, 2.45) is 0 Å². The normalized spacial score (nSPS) is 32.1. The fourth-order valence-electron chi connectivity index (χ4n) is 2.14. The van der Waals surface area contributed by atoms with Crippen molar-refractivity contribution in [2.45, 2.75) is 63.4 Å². The van der Waals surface area contributed by atoms with E-state index in [-0.39, 0.29) is 0 Å². The van der Waals surface area contributed by atoms with Crippen LogP contribution >= 0.6 is 11.6 Å². The van der Waals surface area contributed by atoms with Crippen LogP contribution in [-0.2, 0) is 0 Å². The van der Waals surface area contributed by atoms with Crippen molar-refractivity contribution in [1.82, 2.24) is 4.90 Å². The molecule has 0 amide bonds. The molecule has 1 fully saturated rings. The summed E-state index contributed by atoms with van der Waals surface area (Å²) in [6, 6.07) is 1.29. The third kappa shape index (κ3) is 2.85. The Kier molecular flexibility index (Phi) is 4.54. The third-order valence-corrected chi connectivity index (χ3v) is 3.97. The van der Waals surface area contributed by atoms with Gasteiger partial charge in [0.2, 0.25) is 0 Å². The van der Waals surface area contributed by atoms with E-state index in [9.17, 15) is 0 Å². The Morgan fingerprint density at radius 3 is 2.54 bits per heavy atom. The van der Waals surface area contributed by atoms with Gasteiger partial charge in [-0.3, -0.25) is 4.90 Å². The maximum absolute atomic E-state index is 6.34. The Hall–Kier alpha value is 0.250. The van der Waals surface area contributed by atoms with E-state index < -0.39 is 0 Å². The first-order valence-electron chi connectivity index (χ1n) is 5.52. The summed E-state index contributed by atoms with van der Waals surface area (Å²) in [7, 11) is 2.22. The van der Waals surface area contributed by atoms with Crippen molar-refractivity contribution >= 4 is 11.6 Å². The van der Waals surface area contributed by atoms with Crippen LogP contribution in [0.2, 0.25) is 0 Å².